The molecule has 2 aliphatic heterocycles. The number of aromatic nitrogens is 1. The highest BCUT2D eigenvalue weighted by molar-refractivity contribution is 8.00. The molecule has 2 amide bonds. The molecule has 1 saturated heterocycles. The second-order valence-electron chi connectivity index (χ2n) is 9.81. The smallest absolute Gasteiger partial charge is 0.305 e. The van der Waals surface area contributed by atoms with Crippen molar-refractivity contribution >= 4 is 40.6 Å². The van der Waals surface area contributed by atoms with Gasteiger partial charge in [0.1, 0.15) is 5.82 Å². The zero-order valence-electron chi connectivity index (χ0n) is 18.2. The van der Waals surface area contributed by atoms with Crippen LogP contribution in [0.4, 0.5) is 10.1 Å². The van der Waals surface area contributed by atoms with E-state index >= 15 is 0 Å². The van der Waals surface area contributed by atoms with E-state index < -0.39 is 5.82 Å². The van der Waals surface area contributed by atoms with Crippen molar-refractivity contribution in [2.45, 2.75) is 29.5 Å². The number of amides is 2. The molecule has 2 saturated carbocycles. The molecule has 3 aromatic rings. The van der Waals surface area contributed by atoms with E-state index in [0.29, 0.717) is 5.69 Å². The van der Waals surface area contributed by atoms with Crippen LogP contribution in [-0.2, 0) is 9.59 Å². The molecule has 2 bridgehead atoms. The van der Waals surface area contributed by atoms with Crippen LogP contribution in [-0.4, -0.2) is 22.0 Å². The van der Waals surface area contributed by atoms with Gasteiger partial charge in [0, 0.05) is 16.0 Å². The summed E-state index contributed by atoms with van der Waals surface area (Å²) in [5, 5.41) is 1.08. The Balaban J connectivity index is 1.34. The van der Waals surface area contributed by atoms with Gasteiger partial charge in [0.05, 0.1) is 22.5 Å². The Bertz CT molecular complexity index is 1410. The lowest BCUT2D eigenvalue weighted by atomic mass is 9.67. The van der Waals surface area contributed by atoms with Gasteiger partial charge >= 0.3 is 4.87 Å². The molecule has 34 heavy (non-hydrogen) atoms. The molecule has 172 valence electrons. The van der Waals surface area contributed by atoms with Crippen LogP contribution >= 0.6 is 23.1 Å². The third kappa shape index (κ3) is 2.64. The number of hydrogen-bond donors (Lipinski definition) is 1. The Kier molecular flexibility index (Phi) is 4.34. The van der Waals surface area contributed by atoms with Gasteiger partial charge in [0.2, 0.25) is 11.8 Å². The van der Waals surface area contributed by atoms with Crippen molar-refractivity contribution in [3.8, 4) is 0 Å². The molecule has 2 aromatic carbocycles. The van der Waals surface area contributed by atoms with E-state index in [9.17, 15) is 18.8 Å². The van der Waals surface area contributed by atoms with Crippen LogP contribution in [0.3, 0.4) is 0 Å². The van der Waals surface area contributed by atoms with Crippen LogP contribution in [0.5, 0.6) is 0 Å². The average Bonchev–Trinajstić information content (AvgIpc) is 3.54. The number of imide groups is 1. The fraction of sp³-hybridized carbons (Fsp3) is 0.346. The number of rotatable bonds is 2. The van der Waals surface area contributed by atoms with E-state index in [-0.39, 0.29) is 57.4 Å². The summed E-state index contributed by atoms with van der Waals surface area (Å²) in [4.78, 5) is 44.9. The number of nitrogens with zero attached hydrogens (tertiary/aromatic N) is 1. The largest absolute Gasteiger partial charge is 0.307 e. The van der Waals surface area contributed by atoms with E-state index in [1.54, 1.807) is 11.8 Å². The number of benzene rings is 2. The topological polar surface area (TPSA) is 70.2 Å². The van der Waals surface area contributed by atoms with E-state index in [4.69, 9.17) is 0 Å². The fourth-order valence-electron chi connectivity index (χ4n) is 7.15. The maximum atomic E-state index is 13.7. The summed E-state index contributed by atoms with van der Waals surface area (Å²) in [6.45, 7) is 2.09. The first kappa shape index (κ1) is 20.6. The van der Waals surface area contributed by atoms with E-state index in [1.807, 2.05) is 12.1 Å². The van der Waals surface area contributed by atoms with Crippen LogP contribution in [0, 0.1) is 42.3 Å². The summed E-state index contributed by atoms with van der Waals surface area (Å²) < 4.78 is 13.5. The quantitative estimate of drug-likeness (QED) is 0.533. The molecule has 1 N–H and O–H groups in total. The normalized spacial score (nSPS) is 33.2. The molecule has 4 aliphatic rings. The van der Waals surface area contributed by atoms with Crippen molar-refractivity contribution in [1.82, 2.24) is 4.98 Å². The van der Waals surface area contributed by atoms with Gasteiger partial charge in [0.15, 0.2) is 0 Å². The monoisotopic (exact) mass is 492 g/mol. The number of H-pyrrole nitrogens is 1. The number of thioether (sulfide) groups is 1. The molecule has 0 spiro atoms. The van der Waals surface area contributed by atoms with Crippen molar-refractivity contribution in [2.24, 2.45) is 29.6 Å². The first-order chi connectivity index (χ1) is 16.4. The number of nitrogens with one attached hydrogen (secondary N) is 1. The van der Waals surface area contributed by atoms with Crippen LogP contribution in [0.25, 0.3) is 0 Å². The highest BCUT2D eigenvalue weighted by atomic mass is 32.2. The van der Waals surface area contributed by atoms with Crippen molar-refractivity contribution in [3.63, 3.8) is 0 Å². The summed E-state index contributed by atoms with van der Waals surface area (Å²) in [5.74, 6) is -1.05. The van der Waals surface area contributed by atoms with Gasteiger partial charge < -0.3 is 4.98 Å². The highest BCUT2D eigenvalue weighted by Crippen LogP contribution is 2.68. The zero-order valence-corrected chi connectivity index (χ0v) is 19.9. The Morgan fingerprint density at radius 3 is 2.41 bits per heavy atom. The number of fused-ring (bicyclic) bond motifs is 9. The number of aryl methyl sites for hydroxylation is 1. The minimum atomic E-state index is -0.397. The summed E-state index contributed by atoms with van der Waals surface area (Å²) in [7, 11) is 0. The summed E-state index contributed by atoms with van der Waals surface area (Å²) >= 11 is 2.96. The summed E-state index contributed by atoms with van der Waals surface area (Å²) in [6, 6.07) is 13.9. The van der Waals surface area contributed by atoms with Gasteiger partial charge in [-0.1, -0.05) is 35.6 Å². The molecule has 0 unspecified atom stereocenters. The lowest BCUT2D eigenvalue weighted by Gasteiger charge is -2.43. The lowest BCUT2D eigenvalue weighted by Crippen LogP contribution is -2.42. The molecule has 5 nitrogen and oxygen atoms in total. The Hall–Kier alpha value is -2.71. The maximum Gasteiger partial charge on any atom is 0.305 e. The third-order valence-corrected chi connectivity index (χ3v) is 10.9. The van der Waals surface area contributed by atoms with Crippen molar-refractivity contribution in [2.75, 3.05) is 4.90 Å². The fourth-order valence-corrected chi connectivity index (χ4v) is 10.0. The number of aromatic amines is 1. The van der Waals surface area contributed by atoms with E-state index in [0.717, 1.165) is 16.3 Å². The molecule has 1 aromatic heterocycles. The standard InChI is InChI=1S/C26H21FN2O3S2/c1-11-4-2-3-5-14(11)17-18-15-10-16(21(18)33-23-22(17)34-26(32)28-23)20-19(15)24(30)29(25(20)31)13-8-6-12(27)7-9-13/h2-9,15-21H,10H2,1H3,(H,28,32)/t15-,16+,17+,18-,19+,20-,21-/m1/s1. The van der Waals surface area contributed by atoms with Gasteiger partial charge in [-0.05, 0) is 66.5 Å². The zero-order chi connectivity index (χ0) is 23.3. The molecule has 3 heterocycles. The third-order valence-electron chi connectivity index (χ3n) is 8.33. The van der Waals surface area contributed by atoms with Crippen LogP contribution in [0.2, 0.25) is 0 Å². The number of halogens is 1. The highest BCUT2D eigenvalue weighted by Gasteiger charge is 2.69. The maximum absolute atomic E-state index is 13.7. The summed E-state index contributed by atoms with van der Waals surface area (Å²) in [6.07, 6.45) is 0.855. The van der Waals surface area contributed by atoms with Gasteiger partial charge in [0.25, 0.3) is 0 Å². The Labute approximate surface area is 203 Å². The molecular weight excluding hydrogens is 471 g/mol. The number of anilines is 1. The number of carbonyl (C=O) groups excluding carboxylic acids is 2. The van der Waals surface area contributed by atoms with Crippen LogP contribution in [0.1, 0.15) is 28.3 Å². The van der Waals surface area contributed by atoms with Crippen molar-refractivity contribution < 1.29 is 14.0 Å². The average molecular weight is 493 g/mol. The van der Waals surface area contributed by atoms with Gasteiger partial charge in [-0.2, -0.15) is 0 Å². The van der Waals surface area contributed by atoms with Crippen LogP contribution in [0.15, 0.2) is 58.4 Å². The predicted molar refractivity (Wildman–Crippen MR) is 129 cm³/mol. The predicted octanol–water partition coefficient (Wildman–Crippen LogP) is 4.56. The first-order valence-corrected chi connectivity index (χ1v) is 13.2. The van der Waals surface area contributed by atoms with E-state index in [2.05, 4.69) is 24.0 Å². The van der Waals surface area contributed by atoms with E-state index in [1.165, 1.54) is 51.6 Å². The van der Waals surface area contributed by atoms with Crippen LogP contribution < -0.4 is 9.77 Å². The molecule has 7 atom stereocenters. The molecule has 0 radical (unpaired) electrons. The molecule has 2 aliphatic carbocycles. The van der Waals surface area contributed by atoms with Gasteiger partial charge in [-0.25, -0.2) is 4.39 Å². The summed E-state index contributed by atoms with van der Waals surface area (Å²) in [5.41, 5.74) is 2.82. The number of hydrogen-bond acceptors (Lipinski definition) is 5. The minimum absolute atomic E-state index is 0.0325. The Morgan fingerprint density at radius 1 is 0.971 bits per heavy atom. The molecule has 8 heteroatoms. The number of carbonyl (C=O) groups is 2. The molecular formula is C26H21FN2O3S2. The second kappa shape index (κ2) is 7.15. The molecule has 3 fully saturated rings. The minimum Gasteiger partial charge on any atom is -0.307 e. The number of thiazole rings is 1. The van der Waals surface area contributed by atoms with Gasteiger partial charge in [-0.3, -0.25) is 19.3 Å². The SMILES string of the molecule is Cc1ccccc1[C@@H]1c2sc(=O)[nH]c2S[C@@H]2[C@H]3C[C@@H]([C@@H]4C(=O)N(c5ccc(F)cc5)C(=O)[C@H]34)[C@H]12. The van der Waals surface area contributed by atoms with Crippen molar-refractivity contribution in [3.05, 3.63) is 80.0 Å². The van der Waals surface area contributed by atoms with Crippen molar-refractivity contribution in [1.29, 1.82) is 0 Å². The van der Waals surface area contributed by atoms with Gasteiger partial charge in [-0.15, -0.1) is 11.8 Å². The first-order valence-electron chi connectivity index (χ1n) is 11.5. The lowest BCUT2D eigenvalue weighted by molar-refractivity contribution is -0.123. The molecule has 7 rings (SSSR count). The Morgan fingerprint density at radius 2 is 1.68 bits per heavy atom. The second-order valence-corrected chi connectivity index (χ2v) is 12.0.